The average molecular weight is 291 g/mol. The Morgan fingerprint density at radius 3 is 2.48 bits per heavy atom. The number of benzene rings is 1. The SMILES string of the molecule is CCC(CC)(C(=O)NCCc1ccccc1C)C(N)=NO. The molecule has 116 valence electrons. The van der Waals surface area contributed by atoms with E-state index in [0.717, 1.165) is 6.42 Å². The lowest BCUT2D eigenvalue weighted by molar-refractivity contribution is -0.127. The molecule has 0 atom stereocenters. The number of hydrogen-bond donors (Lipinski definition) is 3. The number of oxime groups is 1. The molecule has 0 saturated heterocycles. The highest BCUT2D eigenvalue weighted by molar-refractivity contribution is 6.06. The Balaban J connectivity index is 2.70. The molecule has 0 fully saturated rings. The maximum atomic E-state index is 12.4. The lowest BCUT2D eigenvalue weighted by Gasteiger charge is -2.28. The number of amidine groups is 1. The number of hydrogen-bond acceptors (Lipinski definition) is 3. The zero-order chi connectivity index (χ0) is 15.9. The molecule has 5 nitrogen and oxygen atoms in total. The fourth-order valence-electron chi connectivity index (χ4n) is 2.52. The molecule has 0 aliphatic rings. The van der Waals surface area contributed by atoms with Crippen molar-refractivity contribution in [1.29, 1.82) is 0 Å². The van der Waals surface area contributed by atoms with Crippen molar-refractivity contribution in [3.05, 3.63) is 35.4 Å². The number of amides is 1. The molecule has 1 aromatic rings. The van der Waals surface area contributed by atoms with E-state index in [2.05, 4.69) is 29.5 Å². The van der Waals surface area contributed by atoms with Crippen LogP contribution in [0.1, 0.15) is 37.8 Å². The standard InChI is InChI=1S/C16H25N3O2/c1-4-16(5-2,14(17)19-21)15(20)18-11-10-13-9-7-6-8-12(13)3/h6-9,21H,4-5,10-11H2,1-3H3,(H2,17,19)(H,18,20). The van der Waals surface area contributed by atoms with Crippen LogP contribution >= 0.6 is 0 Å². The summed E-state index contributed by atoms with van der Waals surface area (Å²) in [7, 11) is 0. The molecule has 5 heteroatoms. The molecule has 21 heavy (non-hydrogen) atoms. The number of aryl methyl sites for hydroxylation is 1. The van der Waals surface area contributed by atoms with Gasteiger partial charge in [0.05, 0.1) is 0 Å². The van der Waals surface area contributed by atoms with Gasteiger partial charge in [0.25, 0.3) is 0 Å². The van der Waals surface area contributed by atoms with E-state index in [1.165, 1.54) is 11.1 Å². The van der Waals surface area contributed by atoms with Gasteiger partial charge in [0, 0.05) is 6.54 Å². The minimum absolute atomic E-state index is 0.0270. The van der Waals surface area contributed by atoms with Crippen LogP contribution in [-0.2, 0) is 11.2 Å². The van der Waals surface area contributed by atoms with Crippen molar-refractivity contribution in [2.75, 3.05) is 6.54 Å². The van der Waals surface area contributed by atoms with E-state index in [9.17, 15) is 4.79 Å². The number of nitrogens with one attached hydrogen (secondary N) is 1. The summed E-state index contributed by atoms with van der Waals surface area (Å²) in [6, 6.07) is 8.09. The van der Waals surface area contributed by atoms with Crippen molar-refractivity contribution >= 4 is 11.7 Å². The molecule has 1 rings (SSSR count). The molecular formula is C16H25N3O2. The quantitative estimate of drug-likeness (QED) is 0.311. The highest BCUT2D eigenvalue weighted by Crippen LogP contribution is 2.27. The van der Waals surface area contributed by atoms with Crippen LogP contribution in [0.2, 0.25) is 0 Å². The van der Waals surface area contributed by atoms with Gasteiger partial charge in [-0.15, -0.1) is 0 Å². The monoisotopic (exact) mass is 291 g/mol. The van der Waals surface area contributed by atoms with Crippen LogP contribution in [0.5, 0.6) is 0 Å². The molecule has 0 radical (unpaired) electrons. The molecule has 1 aromatic carbocycles. The fraction of sp³-hybridized carbons (Fsp3) is 0.500. The molecule has 0 aromatic heterocycles. The first-order valence-corrected chi connectivity index (χ1v) is 7.32. The van der Waals surface area contributed by atoms with Crippen molar-refractivity contribution < 1.29 is 10.0 Å². The number of nitrogens with zero attached hydrogens (tertiary/aromatic N) is 1. The van der Waals surface area contributed by atoms with Crippen molar-refractivity contribution in [2.45, 2.75) is 40.0 Å². The first kappa shape index (κ1) is 17.0. The number of nitrogens with two attached hydrogens (primary N) is 1. The van der Waals surface area contributed by atoms with Crippen molar-refractivity contribution in [1.82, 2.24) is 5.32 Å². The van der Waals surface area contributed by atoms with Crippen molar-refractivity contribution in [3.63, 3.8) is 0 Å². The van der Waals surface area contributed by atoms with Crippen molar-refractivity contribution in [3.8, 4) is 0 Å². The Kier molecular flexibility index (Phi) is 6.21. The predicted octanol–water partition coefficient (Wildman–Crippen LogP) is 2.21. The molecular weight excluding hydrogens is 266 g/mol. The van der Waals surface area contributed by atoms with Crippen LogP contribution in [0, 0.1) is 12.3 Å². The van der Waals surface area contributed by atoms with E-state index in [1.807, 2.05) is 26.0 Å². The summed E-state index contributed by atoms with van der Waals surface area (Å²) in [5.41, 5.74) is 7.21. The summed E-state index contributed by atoms with van der Waals surface area (Å²) in [5.74, 6) is -0.211. The minimum Gasteiger partial charge on any atom is -0.409 e. The van der Waals surface area contributed by atoms with Crippen LogP contribution in [0.15, 0.2) is 29.4 Å². The maximum absolute atomic E-state index is 12.4. The third-order valence-corrected chi connectivity index (χ3v) is 4.18. The third kappa shape index (κ3) is 3.74. The van der Waals surface area contributed by atoms with Crippen LogP contribution in [-0.4, -0.2) is 23.5 Å². The first-order chi connectivity index (χ1) is 10.0. The van der Waals surface area contributed by atoms with Gasteiger partial charge in [-0.05, 0) is 37.3 Å². The minimum atomic E-state index is -0.930. The van der Waals surface area contributed by atoms with Gasteiger partial charge in [-0.3, -0.25) is 4.79 Å². The summed E-state index contributed by atoms with van der Waals surface area (Å²) in [4.78, 5) is 12.4. The summed E-state index contributed by atoms with van der Waals surface area (Å²) in [6.07, 6.45) is 1.75. The van der Waals surface area contributed by atoms with Gasteiger partial charge >= 0.3 is 0 Å². The Labute approximate surface area is 126 Å². The third-order valence-electron chi connectivity index (χ3n) is 4.18. The van der Waals surface area contributed by atoms with Gasteiger partial charge in [0.2, 0.25) is 5.91 Å². The molecule has 4 N–H and O–H groups in total. The molecule has 0 bridgehead atoms. The zero-order valence-electron chi connectivity index (χ0n) is 13.0. The van der Waals surface area contributed by atoms with Gasteiger partial charge < -0.3 is 16.3 Å². The molecule has 1 amide bonds. The smallest absolute Gasteiger partial charge is 0.233 e. The van der Waals surface area contributed by atoms with Crippen molar-refractivity contribution in [2.24, 2.45) is 16.3 Å². The van der Waals surface area contributed by atoms with E-state index < -0.39 is 5.41 Å². The Morgan fingerprint density at radius 1 is 1.33 bits per heavy atom. The number of carbonyl (C=O) groups is 1. The van der Waals surface area contributed by atoms with E-state index in [-0.39, 0.29) is 11.7 Å². The van der Waals surface area contributed by atoms with Crippen LogP contribution < -0.4 is 11.1 Å². The topological polar surface area (TPSA) is 87.7 Å². The van der Waals surface area contributed by atoms with Gasteiger partial charge in [-0.25, -0.2) is 0 Å². The molecule has 0 aliphatic heterocycles. The van der Waals surface area contributed by atoms with E-state index in [4.69, 9.17) is 10.9 Å². The Morgan fingerprint density at radius 2 is 1.95 bits per heavy atom. The molecule has 0 heterocycles. The molecule has 0 unspecified atom stereocenters. The lowest BCUT2D eigenvalue weighted by Crippen LogP contribution is -2.49. The van der Waals surface area contributed by atoms with E-state index >= 15 is 0 Å². The fourth-order valence-corrected chi connectivity index (χ4v) is 2.52. The lowest BCUT2D eigenvalue weighted by atomic mass is 9.80. The zero-order valence-corrected chi connectivity index (χ0v) is 13.0. The summed E-state index contributed by atoms with van der Waals surface area (Å²) in [6.45, 7) is 6.31. The van der Waals surface area contributed by atoms with Crippen LogP contribution in [0.4, 0.5) is 0 Å². The second-order valence-corrected chi connectivity index (χ2v) is 5.21. The van der Waals surface area contributed by atoms with Gasteiger partial charge in [-0.1, -0.05) is 43.3 Å². The number of rotatable bonds is 7. The summed E-state index contributed by atoms with van der Waals surface area (Å²) >= 11 is 0. The molecule has 0 saturated carbocycles. The average Bonchev–Trinajstić information content (AvgIpc) is 2.50. The molecule has 0 aliphatic carbocycles. The van der Waals surface area contributed by atoms with Gasteiger partial charge in [0.15, 0.2) is 5.84 Å². The maximum Gasteiger partial charge on any atom is 0.233 e. The van der Waals surface area contributed by atoms with E-state index in [1.54, 1.807) is 0 Å². The van der Waals surface area contributed by atoms with Gasteiger partial charge in [0.1, 0.15) is 5.41 Å². The summed E-state index contributed by atoms with van der Waals surface area (Å²) < 4.78 is 0. The van der Waals surface area contributed by atoms with Crippen LogP contribution in [0.3, 0.4) is 0 Å². The second kappa shape index (κ2) is 7.67. The largest absolute Gasteiger partial charge is 0.409 e. The normalized spacial score (nSPS) is 12.2. The molecule has 0 spiro atoms. The second-order valence-electron chi connectivity index (χ2n) is 5.21. The first-order valence-electron chi connectivity index (χ1n) is 7.32. The highest BCUT2D eigenvalue weighted by Gasteiger charge is 2.39. The van der Waals surface area contributed by atoms with Crippen LogP contribution in [0.25, 0.3) is 0 Å². The Bertz CT molecular complexity index is 508. The number of carbonyl (C=O) groups excluding carboxylic acids is 1. The summed E-state index contributed by atoms with van der Waals surface area (Å²) in [5, 5.41) is 14.8. The predicted molar refractivity (Wildman–Crippen MR) is 84.3 cm³/mol. The van der Waals surface area contributed by atoms with E-state index in [0.29, 0.717) is 19.4 Å². The Hall–Kier alpha value is -2.04. The highest BCUT2D eigenvalue weighted by atomic mass is 16.4. The van der Waals surface area contributed by atoms with Gasteiger partial charge in [-0.2, -0.15) is 0 Å².